The van der Waals surface area contributed by atoms with Crippen molar-refractivity contribution in [1.29, 1.82) is 0 Å². The Bertz CT molecular complexity index is 125. The topological polar surface area (TPSA) is 78.8 Å². The number of nitrogens with one attached hydrogen (secondary N) is 1. The van der Waals surface area contributed by atoms with E-state index in [4.69, 9.17) is 10.2 Å². The molecule has 0 aliphatic heterocycles. The Hall–Kier alpha value is -0.810. The van der Waals surface area contributed by atoms with Crippen LogP contribution >= 0.6 is 0 Å². The average molecular weight is 177 g/mol. The SMILES string of the molecule is CCC(CO)NC(=O)OCCO. The average Bonchev–Trinajstić information content (AvgIpc) is 2.10. The molecule has 0 radical (unpaired) electrons. The molecule has 0 saturated heterocycles. The second-order valence-electron chi connectivity index (χ2n) is 2.29. The summed E-state index contributed by atoms with van der Waals surface area (Å²) in [5, 5.41) is 19.4. The van der Waals surface area contributed by atoms with E-state index in [1.165, 1.54) is 0 Å². The van der Waals surface area contributed by atoms with Crippen molar-refractivity contribution in [3.8, 4) is 0 Å². The van der Waals surface area contributed by atoms with Crippen LogP contribution in [-0.2, 0) is 4.74 Å². The molecule has 0 saturated carbocycles. The Morgan fingerprint density at radius 1 is 1.58 bits per heavy atom. The van der Waals surface area contributed by atoms with Gasteiger partial charge in [0.15, 0.2) is 0 Å². The van der Waals surface area contributed by atoms with Gasteiger partial charge in [-0.3, -0.25) is 0 Å². The fourth-order valence-corrected chi connectivity index (χ4v) is 0.623. The zero-order valence-electron chi connectivity index (χ0n) is 7.12. The molecule has 0 bridgehead atoms. The Balaban J connectivity index is 3.52. The highest BCUT2D eigenvalue weighted by atomic mass is 16.6. The summed E-state index contributed by atoms with van der Waals surface area (Å²) in [6.45, 7) is 1.52. The molecule has 0 aliphatic carbocycles. The molecule has 5 nitrogen and oxygen atoms in total. The Morgan fingerprint density at radius 2 is 2.25 bits per heavy atom. The third-order valence-electron chi connectivity index (χ3n) is 1.36. The number of hydrogen-bond donors (Lipinski definition) is 3. The quantitative estimate of drug-likeness (QED) is 0.527. The predicted molar refractivity (Wildman–Crippen MR) is 42.7 cm³/mol. The second kappa shape index (κ2) is 6.87. The molecule has 0 rings (SSSR count). The van der Waals surface area contributed by atoms with E-state index in [0.29, 0.717) is 6.42 Å². The van der Waals surface area contributed by atoms with Crippen LogP contribution in [0.1, 0.15) is 13.3 Å². The van der Waals surface area contributed by atoms with Crippen molar-refractivity contribution in [1.82, 2.24) is 5.32 Å². The molecule has 0 spiro atoms. The minimum absolute atomic E-state index is 0.0201. The summed E-state index contributed by atoms with van der Waals surface area (Å²) < 4.78 is 4.51. The van der Waals surface area contributed by atoms with Gasteiger partial charge in [-0.1, -0.05) is 6.92 Å². The summed E-state index contributed by atoms with van der Waals surface area (Å²) in [6, 6.07) is -0.267. The lowest BCUT2D eigenvalue weighted by Crippen LogP contribution is -2.37. The van der Waals surface area contributed by atoms with Gasteiger partial charge in [0.2, 0.25) is 0 Å². The van der Waals surface area contributed by atoms with Gasteiger partial charge in [-0.2, -0.15) is 0 Å². The van der Waals surface area contributed by atoms with Crippen LogP contribution in [0.5, 0.6) is 0 Å². The van der Waals surface area contributed by atoms with Crippen molar-refractivity contribution in [2.24, 2.45) is 0 Å². The number of carbonyl (C=O) groups excluding carboxylic acids is 1. The van der Waals surface area contributed by atoms with E-state index in [1.54, 1.807) is 0 Å². The molecule has 0 aromatic rings. The van der Waals surface area contributed by atoms with Gasteiger partial charge >= 0.3 is 6.09 Å². The summed E-state index contributed by atoms with van der Waals surface area (Å²) in [7, 11) is 0. The molecule has 0 aromatic heterocycles. The van der Waals surface area contributed by atoms with Crippen LogP contribution in [0, 0.1) is 0 Å². The minimum atomic E-state index is -0.607. The number of ether oxygens (including phenoxy) is 1. The predicted octanol–water partition coefficient (Wildman–Crippen LogP) is -0.524. The number of amides is 1. The highest BCUT2D eigenvalue weighted by molar-refractivity contribution is 5.67. The zero-order chi connectivity index (χ0) is 9.40. The van der Waals surface area contributed by atoms with Crippen molar-refractivity contribution < 1.29 is 19.7 Å². The standard InChI is InChI=1S/C7H15NO4/c1-2-6(5-10)8-7(11)12-4-3-9/h6,9-10H,2-5H2,1H3,(H,8,11). The first-order chi connectivity index (χ1) is 5.74. The van der Waals surface area contributed by atoms with Crippen molar-refractivity contribution in [3.05, 3.63) is 0 Å². The smallest absolute Gasteiger partial charge is 0.407 e. The Labute approximate surface area is 71.3 Å². The van der Waals surface area contributed by atoms with Gasteiger partial charge in [0.1, 0.15) is 6.61 Å². The van der Waals surface area contributed by atoms with Gasteiger partial charge in [-0.15, -0.1) is 0 Å². The zero-order valence-corrected chi connectivity index (χ0v) is 7.12. The molecule has 0 fully saturated rings. The van der Waals surface area contributed by atoms with Crippen LogP contribution in [0.15, 0.2) is 0 Å². The van der Waals surface area contributed by atoms with Crippen LogP contribution in [0.4, 0.5) is 4.79 Å². The fraction of sp³-hybridized carbons (Fsp3) is 0.857. The minimum Gasteiger partial charge on any atom is -0.447 e. The largest absolute Gasteiger partial charge is 0.447 e. The van der Waals surface area contributed by atoms with Crippen molar-refractivity contribution >= 4 is 6.09 Å². The molecule has 1 unspecified atom stereocenters. The van der Waals surface area contributed by atoms with Crippen LogP contribution in [0.25, 0.3) is 0 Å². The molecule has 1 atom stereocenters. The Kier molecular flexibility index (Phi) is 6.41. The van der Waals surface area contributed by atoms with Gasteiger partial charge in [-0.05, 0) is 6.42 Å². The Morgan fingerprint density at radius 3 is 2.67 bits per heavy atom. The van der Waals surface area contributed by atoms with Gasteiger partial charge in [0, 0.05) is 0 Å². The van der Waals surface area contributed by atoms with E-state index in [1.807, 2.05) is 6.92 Å². The summed E-state index contributed by atoms with van der Waals surface area (Å²) in [6.07, 6.45) is 0.0370. The molecule has 0 aliphatic rings. The monoisotopic (exact) mass is 177 g/mol. The second-order valence-corrected chi connectivity index (χ2v) is 2.29. The van der Waals surface area contributed by atoms with E-state index in [9.17, 15) is 4.79 Å². The number of alkyl carbamates (subject to hydrolysis) is 1. The third-order valence-corrected chi connectivity index (χ3v) is 1.36. The first-order valence-corrected chi connectivity index (χ1v) is 3.89. The summed E-state index contributed by atoms with van der Waals surface area (Å²) >= 11 is 0. The third kappa shape index (κ3) is 4.92. The molecule has 5 heteroatoms. The lowest BCUT2D eigenvalue weighted by Gasteiger charge is -2.13. The maximum atomic E-state index is 10.8. The molecular formula is C7H15NO4. The normalized spacial score (nSPS) is 12.2. The van der Waals surface area contributed by atoms with Gasteiger partial charge in [0.05, 0.1) is 19.3 Å². The van der Waals surface area contributed by atoms with Gasteiger partial charge < -0.3 is 20.3 Å². The number of hydrogen-bond acceptors (Lipinski definition) is 4. The highest BCUT2D eigenvalue weighted by Crippen LogP contribution is 1.89. The fourth-order valence-electron chi connectivity index (χ4n) is 0.623. The summed E-state index contributed by atoms with van der Waals surface area (Å²) in [5.41, 5.74) is 0. The molecule has 0 aromatic carbocycles. The lowest BCUT2D eigenvalue weighted by atomic mass is 10.2. The van der Waals surface area contributed by atoms with Crippen LogP contribution in [0.2, 0.25) is 0 Å². The van der Waals surface area contributed by atoms with E-state index >= 15 is 0 Å². The van der Waals surface area contributed by atoms with E-state index < -0.39 is 6.09 Å². The van der Waals surface area contributed by atoms with Crippen LogP contribution in [-0.4, -0.2) is 42.2 Å². The van der Waals surface area contributed by atoms with Gasteiger partial charge in [0.25, 0.3) is 0 Å². The van der Waals surface area contributed by atoms with Crippen molar-refractivity contribution in [2.45, 2.75) is 19.4 Å². The van der Waals surface area contributed by atoms with Gasteiger partial charge in [-0.25, -0.2) is 4.79 Å². The first-order valence-electron chi connectivity index (χ1n) is 3.89. The molecule has 12 heavy (non-hydrogen) atoms. The molecule has 72 valence electrons. The number of rotatable bonds is 5. The van der Waals surface area contributed by atoms with E-state index in [-0.39, 0.29) is 25.9 Å². The highest BCUT2D eigenvalue weighted by Gasteiger charge is 2.08. The first kappa shape index (κ1) is 11.2. The summed E-state index contributed by atoms with van der Waals surface area (Å²) in [4.78, 5) is 10.8. The lowest BCUT2D eigenvalue weighted by molar-refractivity contribution is 0.111. The summed E-state index contributed by atoms with van der Waals surface area (Å²) in [5.74, 6) is 0. The maximum Gasteiger partial charge on any atom is 0.407 e. The van der Waals surface area contributed by atoms with Crippen LogP contribution in [0.3, 0.4) is 0 Å². The number of aliphatic hydroxyl groups is 2. The molecule has 0 heterocycles. The molecule has 1 amide bonds. The molecule has 3 N–H and O–H groups in total. The van der Waals surface area contributed by atoms with E-state index in [2.05, 4.69) is 10.1 Å². The molecular weight excluding hydrogens is 162 g/mol. The van der Waals surface area contributed by atoms with Crippen molar-refractivity contribution in [3.63, 3.8) is 0 Å². The van der Waals surface area contributed by atoms with Crippen molar-refractivity contribution in [2.75, 3.05) is 19.8 Å². The van der Waals surface area contributed by atoms with E-state index in [0.717, 1.165) is 0 Å². The maximum absolute atomic E-state index is 10.8. The number of carbonyl (C=O) groups is 1. The van der Waals surface area contributed by atoms with Crippen LogP contribution < -0.4 is 5.32 Å². The number of aliphatic hydroxyl groups excluding tert-OH is 2.